The molecule has 0 saturated carbocycles. The summed E-state index contributed by atoms with van der Waals surface area (Å²) in [4.78, 5) is -0.00244. The number of primary sulfonamides is 1. The first-order chi connectivity index (χ1) is 9.64. The van der Waals surface area contributed by atoms with E-state index in [4.69, 9.17) is 5.14 Å². The van der Waals surface area contributed by atoms with Crippen LogP contribution < -0.4 is 5.14 Å². The van der Waals surface area contributed by atoms with E-state index >= 15 is 0 Å². The number of rotatable bonds is 3. The minimum Gasteiger partial charge on any atom is -0.225 e. The summed E-state index contributed by atoms with van der Waals surface area (Å²) in [5.41, 5.74) is 0. The van der Waals surface area contributed by atoms with Crippen molar-refractivity contribution in [3.63, 3.8) is 0 Å². The summed E-state index contributed by atoms with van der Waals surface area (Å²) in [6.07, 6.45) is 1.84. The van der Waals surface area contributed by atoms with Crippen LogP contribution in [0.4, 0.5) is 0 Å². The quantitative estimate of drug-likeness (QED) is 0.897. The fourth-order valence-corrected chi connectivity index (χ4v) is 4.85. The number of hydrogen-bond donors (Lipinski definition) is 1. The van der Waals surface area contributed by atoms with Crippen LogP contribution in [0.5, 0.6) is 0 Å². The molecule has 1 aliphatic heterocycles. The molecule has 1 aliphatic rings. The molecular formula is C13H20N2O4S2. The van der Waals surface area contributed by atoms with Crippen molar-refractivity contribution in [2.45, 2.75) is 42.5 Å². The van der Waals surface area contributed by atoms with E-state index in [9.17, 15) is 16.8 Å². The Bertz CT molecular complexity index is 711. The van der Waals surface area contributed by atoms with Gasteiger partial charge in [0.1, 0.15) is 0 Å². The third kappa shape index (κ3) is 3.28. The van der Waals surface area contributed by atoms with Crippen LogP contribution in [0.3, 0.4) is 0 Å². The second-order valence-electron chi connectivity index (χ2n) is 5.49. The molecule has 0 amide bonds. The lowest BCUT2D eigenvalue weighted by molar-refractivity contribution is 0.202. The number of piperidine rings is 1. The summed E-state index contributed by atoms with van der Waals surface area (Å²) in [7, 11) is -7.43. The molecule has 1 aromatic rings. The molecule has 8 heteroatoms. The first-order valence-electron chi connectivity index (χ1n) is 6.79. The Hall–Kier alpha value is -0.960. The van der Waals surface area contributed by atoms with Crippen LogP contribution in [0.2, 0.25) is 0 Å². The maximum Gasteiger partial charge on any atom is 0.243 e. The third-order valence-corrected chi connectivity index (χ3v) is 7.00. The van der Waals surface area contributed by atoms with Gasteiger partial charge in [0.05, 0.1) is 9.79 Å². The van der Waals surface area contributed by atoms with Gasteiger partial charge < -0.3 is 0 Å². The molecule has 0 aliphatic carbocycles. The maximum atomic E-state index is 12.6. The number of nitrogens with two attached hydrogens (primary N) is 1. The number of nitrogens with zero attached hydrogens (tertiary/aromatic N) is 1. The van der Waals surface area contributed by atoms with Crippen LogP contribution in [0.1, 0.15) is 26.7 Å². The topological polar surface area (TPSA) is 97.5 Å². The standard InChI is InChI=1S/C13H20N2O4S2/c1-10-4-3-9-15(11(10)2)21(18,19)13-7-5-12(6-8-13)20(14,16)17/h5-8,10-11H,3-4,9H2,1-2H3,(H2,14,16,17). The van der Waals surface area contributed by atoms with Gasteiger partial charge in [0, 0.05) is 12.6 Å². The first kappa shape index (κ1) is 16.4. The summed E-state index contributed by atoms with van der Waals surface area (Å²) in [5.74, 6) is 0.303. The van der Waals surface area contributed by atoms with Crippen molar-refractivity contribution < 1.29 is 16.8 Å². The molecule has 2 atom stereocenters. The van der Waals surface area contributed by atoms with E-state index in [2.05, 4.69) is 0 Å². The Labute approximate surface area is 126 Å². The smallest absolute Gasteiger partial charge is 0.225 e. The Morgan fingerprint density at radius 2 is 1.57 bits per heavy atom. The van der Waals surface area contributed by atoms with E-state index in [1.807, 2.05) is 13.8 Å². The molecule has 2 rings (SSSR count). The molecule has 1 heterocycles. The van der Waals surface area contributed by atoms with Gasteiger partial charge in [-0.3, -0.25) is 0 Å². The molecule has 1 fully saturated rings. The van der Waals surface area contributed by atoms with Crippen LogP contribution in [0, 0.1) is 5.92 Å². The second-order valence-corrected chi connectivity index (χ2v) is 8.94. The summed E-state index contributed by atoms with van der Waals surface area (Å²) < 4.78 is 49.2. The van der Waals surface area contributed by atoms with Gasteiger partial charge in [0.15, 0.2) is 0 Å². The van der Waals surface area contributed by atoms with E-state index in [0.29, 0.717) is 12.5 Å². The van der Waals surface area contributed by atoms with E-state index in [-0.39, 0.29) is 15.8 Å². The molecular weight excluding hydrogens is 312 g/mol. The van der Waals surface area contributed by atoms with Gasteiger partial charge in [-0.25, -0.2) is 22.0 Å². The van der Waals surface area contributed by atoms with Crippen LogP contribution in [-0.4, -0.2) is 33.7 Å². The fraction of sp³-hybridized carbons (Fsp3) is 0.538. The largest absolute Gasteiger partial charge is 0.243 e. The van der Waals surface area contributed by atoms with Gasteiger partial charge in [-0.05, 0) is 49.9 Å². The van der Waals surface area contributed by atoms with Crippen molar-refractivity contribution in [1.29, 1.82) is 0 Å². The van der Waals surface area contributed by atoms with E-state index in [1.165, 1.54) is 28.6 Å². The van der Waals surface area contributed by atoms with Crippen molar-refractivity contribution in [2.75, 3.05) is 6.54 Å². The SMILES string of the molecule is CC1CCCN(S(=O)(=O)c2ccc(S(N)(=O)=O)cc2)C1C. The van der Waals surface area contributed by atoms with E-state index < -0.39 is 20.0 Å². The van der Waals surface area contributed by atoms with Crippen LogP contribution in [0.25, 0.3) is 0 Å². The number of benzene rings is 1. The highest BCUT2D eigenvalue weighted by Crippen LogP contribution is 2.29. The predicted octanol–water partition coefficient (Wildman–Crippen LogP) is 1.14. The predicted molar refractivity (Wildman–Crippen MR) is 79.6 cm³/mol. The normalized spacial score (nSPS) is 24.9. The molecule has 1 saturated heterocycles. The monoisotopic (exact) mass is 332 g/mol. The average Bonchev–Trinajstić information content (AvgIpc) is 2.41. The lowest BCUT2D eigenvalue weighted by Gasteiger charge is -2.36. The van der Waals surface area contributed by atoms with Crippen LogP contribution in [0.15, 0.2) is 34.1 Å². The zero-order chi connectivity index (χ0) is 15.8. The Morgan fingerprint density at radius 1 is 1.05 bits per heavy atom. The fourth-order valence-electron chi connectivity index (χ4n) is 2.57. The zero-order valence-corrected chi connectivity index (χ0v) is 13.7. The molecule has 0 aromatic heterocycles. The molecule has 21 heavy (non-hydrogen) atoms. The minimum absolute atomic E-state index is 0.0679. The highest BCUT2D eigenvalue weighted by Gasteiger charge is 2.34. The Kier molecular flexibility index (Phi) is 4.44. The summed E-state index contributed by atoms with van der Waals surface area (Å²) >= 11 is 0. The van der Waals surface area contributed by atoms with Gasteiger partial charge in [-0.1, -0.05) is 6.92 Å². The lowest BCUT2D eigenvalue weighted by Crippen LogP contribution is -2.45. The van der Waals surface area contributed by atoms with Gasteiger partial charge in [-0.2, -0.15) is 4.31 Å². The average molecular weight is 332 g/mol. The molecule has 0 bridgehead atoms. The molecule has 2 unspecified atom stereocenters. The summed E-state index contributed by atoms with van der Waals surface area (Å²) in [6, 6.07) is 4.96. The van der Waals surface area contributed by atoms with Crippen molar-refractivity contribution in [1.82, 2.24) is 4.31 Å². The molecule has 0 spiro atoms. The molecule has 6 nitrogen and oxygen atoms in total. The second kappa shape index (κ2) is 5.68. The maximum absolute atomic E-state index is 12.6. The Morgan fingerprint density at radius 3 is 2.10 bits per heavy atom. The minimum atomic E-state index is -3.82. The highest BCUT2D eigenvalue weighted by atomic mass is 32.2. The van der Waals surface area contributed by atoms with Crippen molar-refractivity contribution in [3.8, 4) is 0 Å². The molecule has 0 radical (unpaired) electrons. The van der Waals surface area contributed by atoms with Crippen LogP contribution >= 0.6 is 0 Å². The van der Waals surface area contributed by atoms with E-state index in [0.717, 1.165) is 12.8 Å². The van der Waals surface area contributed by atoms with Crippen LogP contribution in [-0.2, 0) is 20.0 Å². The van der Waals surface area contributed by atoms with Gasteiger partial charge in [0.25, 0.3) is 0 Å². The number of sulfonamides is 2. The lowest BCUT2D eigenvalue weighted by atomic mass is 9.94. The Balaban J connectivity index is 2.36. The zero-order valence-electron chi connectivity index (χ0n) is 12.1. The van der Waals surface area contributed by atoms with E-state index in [1.54, 1.807) is 0 Å². The number of hydrogen-bond acceptors (Lipinski definition) is 4. The third-order valence-electron chi connectivity index (χ3n) is 4.07. The van der Waals surface area contributed by atoms with Gasteiger partial charge in [0.2, 0.25) is 20.0 Å². The van der Waals surface area contributed by atoms with Crippen molar-refractivity contribution in [2.24, 2.45) is 11.1 Å². The van der Waals surface area contributed by atoms with Gasteiger partial charge in [-0.15, -0.1) is 0 Å². The van der Waals surface area contributed by atoms with Gasteiger partial charge >= 0.3 is 0 Å². The first-order valence-corrected chi connectivity index (χ1v) is 9.77. The summed E-state index contributed by atoms with van der Waals surface area (Å²) in [5, 5.41) is 5.01. The highest BCUT2D eigenvalue weighted by molar-refractivity contribution is 7.89. The molecule has 1 aromatic carbocycles. The molecule has 2 N–H and O–H groups in total. The van der Waals surface area contributed by atoms with Crippen molar-refractivity contribution in [3.05, 3.63) is 24.3 Å². The molecule has 118 valence electrons. The van der Waals surface area contributed by atoms with Crippen molar-refractivity contribution >= 4 is 20.0 Å². The summed E-state index contributed by atoms with van der Waals surface area (Å²) in [6.45, 7) is 4.43.